The standard InChI is InChI=1S/C20H34O3/c1-2-3-4-5-6-7-8-9-10-11-12-13-14-15-16-19(17-18-21)20(22)23/h3-4,6-7,9-10,19,21H,2,5,8,11-18H2,1H3,(H,22,23)/b4-3-,7-6-,10-9-. The smallest absolute Gasteiger partial charge is 0.306 e. The molecule has 0 aliphatic rings. The van der Waals surface area contributed by atoms with Crippen LogP contribution in [0.3, 0.4) is 0 Å². The molecule has 0 fully saturated rings. The van der Waals surface area contributed by atoms with Crippen molar-refractivity contribution in [1.29, 1.82) is 0 Å². The topological polar surface area (TPSA) is 57.5 Å². The lowest BCUT2D eigenvalue weighted by molar-refractivity contribution is -0.142. The molecule has 2 N–H and O–H groups in total. The highest BCUT2D eigenvalue weighted by atomic mass is 16.4. The second kappa shape index (κ2) is 17.0. The fraction of sp³-hybridized carbons (Fsp3) is 0.650. The monoisotopic (exact) mass is 322 g/mol. The Morgan fingerprint density at radius 3 is 2.09 bits per heavy atom. The molecule has 0 amide bonds. The Morgan fingerprint density at radius 1 is 0.870 bits per heavy atom. The third kappa shape index (κ3) is 15.3. The number of hydrogen-bond donors (Lipinski definition) is 2. The van der Waals surface area contributed by atoms with E-state index in [0.29, 0.717) is 12.8 Å². The van der Waals surface area contributed by atoms with Crippen LogP contribution in [0.2, 0.25) is 0 Å². The highest BCUT2D eigenvalue weighted by molar-refractivity contribution is 5.69. The summed E-state index contributed by atoms with van der Waals surface area (Å²) in [7, 11) is 0. The van der Waals surface area contributed by atoms with Gasteiger partial charge in [-0.2, -0.15) is 0 Å². The zero-order chi connectivity index (χ0) is 17.2. The molecule has 1 unspecified atom stereocenters. The SMILES string of the molecule is CC/C=C\C/C=C\C/C=C\CCCCCCC(CCO)C(=O)O. The molecule has 0 heterocycles. The molecule has 0 spiro atoms. The predicted octanol–water partition coefficient (Wildman–Crippen LogP) is 5.27. The molecule has 3 heteroatoms. The van der Waals surface area contributed by atoms with Gasteiger partial charge in [-0.3, -0.25) is 4.79 Å². The number of unbranched alkanes of at least 4 members (excludes halogenated alkanes) is 4. The molecule has 23 heavy (non-hydrogen) atoms. The number of aliphatic carboxylic acids is 1. The van der Waals surface area contributed by atoms with Crippen LogP contribution in [0.5, 0.6) is 0 Å². The van der Waals surface area contributed by atoms with Crippen LogP contribution in [-0.2, 0) is 4.79 Å². The first-order valence-corrected chi connectivity index (χ1v) is 9.01. The molecule has 0 aliphatic carbocycles. The maximum Gasteiger partial charge on any atom is 0.306 e. The van der Waals surface area contributed by atoms with Crippen molar-refractivity contribution in [2.75, 3.05) is 6.61 Å². The first kappa shape index (κ1) is 21.6. The maximum atomic E-state index is 10.9. The van der Waals surface area contributed by atoms with E-state index in [1.807, 2.05) is 0 Å². The lowest BCUT2D eigenvalue weighted by Gasteiger charge is -2.09. The molecular weight excluding hydrogens is 288 g/mol. The average molecular weight is 322 g/mol. The van der Waals surface area contributed by atoms with Crippen molar-refractivity contribution < 1.29 is 15.0 Å². The first-order chi connectivity index (χ1) is 11.2. The number of allylic oxidation sites excluding steroid dienone is 6. The van der Waals surface area contributed by atoms with Gasteiger partial charge in [-0.1, -0.05) is 62.6 Å². The molecule has 0 saturated heterocycles. The summed E-state index contributed by atoms with van der Waals surface area (Å²) in [5.41, 5.74) is 0. The van der Waals surface area contributed by atoms with Gasteiger partial charge in [0.2, 0.25) is 0 Å². The number of carbonyl (C=O) groups is 1. The Bertz CT molecular complexity index is 356. The van der Waals surface area contributed by atoms with Crippen molar-refractivity contribution in [3.8, 4) is 0 Å². The predicted molar refractivity (Wildman–Crippen MR) is 97.5 cm³/mol. The third-order valence-electron chi connectivity index (χ3n) is 3.78. The highest BCUT2D eigenvalue weighted by Crippen LogP contribution is 2.15. The van der Waals surface area contributed by atoms with Crippen molar-refractivity contribution >= 4 is 5.97 Å². The molecule has 132 valence electrons. The molecule has 3 nitrogen and oxygen atoms in total. The van der Waals surface area contributed by atoms with Crippen molar-refractivity contribution in [2.24, 2.45) is 5.92 Å². The minimum Gasteiger partial charge on any atom is -0.481 e. The van der Waals surface area contributed by atoms with E-state index in [1.165, 1.54) is 0 Å². The van der Waals surface area contributed by atoms with E-state index in [1.54, 1.807) is 0 Å². The van der Waals surface area contributed by atoms with E-state index >= 15 is 0 Å². The number of aliphatic hydroxyl groups excluding tert-OH is 1. The lowest BCUT2D eigenvalue weighted by atomic mass is 9.98. The van der Waals surface area contributed by atoms with Crippen LogP contribution in [0, 0.1) is 5.92 Å². The van der Waals surface area contributed by atoms with Crippen molar-refractivity contribution in [3.63, 3.8) is 0 Å². The summed E-state index contributed by atoms with van der Waals surface area (Å²) >= 11 is 0. The van der Waals surface area contributed by atoms with E-state index in [0.717, 1.165) is 51.4 Å². The van der Waals surface area contributed by atoms with Crippen LogP contribution in [0.15, 0.2) is 36.5 Å². The van der Waals surface area contributed by atoms with Crippen molar-refractivity contribution in [2.45, 2.75) is 71.1 Å². The summed E-state index contributed by atoms with van der Waals surface area (Å²) < 4.78 is 0. The summed E-state index contributed by atoms with van der Waals surface area (Å²) in [6.45, 7) is 2.10. The summed E-state index contributed by atoms with van der Waals surface area (Å²) in [6, 6.07) is 0. The summed E-state index contributed by atoms with van der Waals surface area (Å²) in [4.78, 5) is 10.9. The largest absolute Gasteiger partial charge is 0.481 e. The average Bonchev–Trinajstić information content (AvgIpc) is 2.54. The number of rotatable bonds is 15. The molecular formula is C20H34O3. The van der Waals surface area contributed by atoms with Gasteiger partial charge in [-0.05, 0) is 44.9 Å². The minimum absolute atomic E-state index is 0.0366. The van der Waals surface area contributed by atoms with Crippen LogP contribution in [0.4, 0.5) is 0 Å². The molecule has 0 radical (unpaired) electrons. The normalized spacial score (nSPS) is 13.5. The summed E-state index contributed by atoms with van der Waals surface area (Å²) in [5, 5.41) is 17.8. The second-order valence-electron chi connectivity index (χ2n) is 5.83. The van der Waals surface area contributed by atoms with Gasteiger partial charge in [-0.15, -0.1) is 0 Å². The van der Waals surface area contributed by atoms with Gasteiger partial charge in [0.1, 0.15) is 0 Å². The van der Waals surface area contributed by atoms with E-state index in [9.17, 15) is 4.79 Å². The quantitative estimate of drug-likeness (QED) is 0.319. The van der Waals surface area contributed by atoms with Gasteiger partial charge in [0, 0.05) is 6.61 Å². The summed E-state index contributed by atoms with van der Waals surface area (Å²) in [6.07, 6.45) is 22.8. The molecule has 0 aromatic carbocycles. The molecule has 0 aromatic rings. The Labute approximate surface area is 141 Å². The fourth-order valence-corrected chi connectivity index (χ4v) is 2.38. The van der Waals surface area contributed by atoms with Crippen LogP contribution < -0.4 is 0 Å². The maximum absolute atomic E-state index is 10.9. The molecule has 0 aromatic heterocycles. The van der Waals surface area contributed by atoms with E-state index in [-0.39, 0.29) is 12.5 Å². The van der Waals surface area contributed by atoms with Crippen molar-refractivity contribution in [1.82, 2.24) is 0 Å². The molecule has 0 bridgehead atoms. The second-order valence-corrected chi connectivity index (χ2v) is 5.83. The zero-order valence-electron chi connectivity index (χ0n) is 14.6. The number of carboxylic acids is 1. The number of hydrogen-bond acceptors (Lipinski definition) is 2. The van der Waals surface area contributed by atoms with Crippen LogP contribution in [0.25, 0.3) is 0 Å². The van der Waals surface area contributed by atoms with Gasteiger partial charge < -0.3 is 10.2 Å². The minimum atomic E-state index is -0.778. The van der Waals surface area contributed by atoms with Gasteiger partial charge in [0.25, 0.3) is 0 Å². The van der Waals surface area contributed by atoms with E-state index in [2.05, 4.69) is 43.4 Å². The third-order valence-corrected chi connectivity index (χ3v) is 3.78. The Hall–Kier alpha value is -1.35. The zero-order valence-corrected chi connectivity index (χ0v) is 14.6. The first-order valence-electron chi connectivity index (χ1n) is 9.01. The molecule has 0 rings (SSSR count). The van der Waals surface area contributed by atoms with Gasteiger partial charge in [-0.25, -0.2) is 0 Å². The number of aliphatic hydroxyl groups is 1. The van der Waals surface area contributed by atoms with Crippen LogP contribution >= 0.6 is 0 Å². The number of carboxylic acid groups (broad SMARTS) is 1. The van der Waals surface area contributed by atoms with Crippen LogP contribution in [0.1, 0.15) is 71.1 Å². The van der Waals surface area contributed by atoms with Crippen molar-refractivity contribution in [3.05, 3.63) is 36.5 Å². The Kier molecular flexibility index (Phi) is 16.0. The van der Waals surface area contributed by atoms with E-state index < -0.39 is 5.97 Å². The molecule has 0 saturated carbocycles. The van der Waals surface area contributed by atoms with Gasteiger partial charge in [0.15, 0.2) is 0 Å². The molecule has 0 aliphatic heterocycles. The highest BCUT2D eigenvalue weighted by Gasteiger charge is 2.15. The molecule has 1 atom stereocenters. The Morgan fingerprint density at radius 2 is 1.48 bits per heavy atom. The fourth-order valence-electron chi connectivity index (χ4n) is 2.38. The van der Waals surface area contributed by atoms with Gasteiger partial charge >= 0.3 is 5.97 Å². The van der Waals surface area contributed by atoms with E-state index in [4.69, 9.17) is 10.2 Å². The van der Waals surface area contributed by atoms with Gasteiger partial charge in [0.05, 0.1) is 5.92 Å². The lowest BCUT2D eigenvalue weighted by Crippen LogP contribution is -2.15. The van der Waals surface area contributed by atoms with Crippen LogP contribution in [-0.4, -0.2) is 22.8 Å². The Balaban J connectivity index is 3.46. The summed E-state index contributed by atoms with van der Waals surface area (Å²) in [5.74, 6) is -1.15.